The molecule has 5 nitrogen and oxygen atoms in total. The second kappa shape index (κ2) is 8.08. The highest BCUT2D eigenvalue weighted by atomic mass is 19.2. The third-order valence-corrected chi connectivity index (χ3v) is 4.09. The summed E-state index contributed by atoms with van der Waals surface area (Å²) < 4.78 is 31.5. The van der Waals surface area contributed by atoms with Gasteiger partial charge in [0.25, 0.3) is 0 Å². The number of halogens is 2. The van der Waals surface area contributed by atoms with Crippen molar-refractivity contribution >= 4 is 17.7 Å². The highest BCUT2D eigenvalue weighted by Gasteiger charge is 2.32. The van der Waals surface area contributed by atoms with Gasteiger partial charge in [0.05, 0.1) is 12.5 Å². The van der Waals surface area contributed by atoms with Crippen LogP contribution in [0.15, 0.2) is 18.2 Å². The van der Waals surface area contributed by atoms with E-state index >= 15 is 0 Å². The van der Waals surface area contributed by atoms with Gasteiger partial charge in [-0.05, 0) is 38.8 Å². The van der Waals surface area contributed by atoms with E-state index in [0.717, 1.165) is 12.1 Å². The number of amides is 2. The molecule has 1 unspecified atom stereocenters. The van der Waals surface area contributed by atoms with Gasteiger partial charge in [0.1, 0.15) is 0 Å². The third-order valence-electron chi connectivity index (χ3n) is 4.09. The predicted molar refractivity (Wildman–Crippen MR) is 85.7 cm³/mol. The fourth-order valence-corrected chi connectivity index (χ4v) is 2.90. The maximum atomic E-state index is 13.5. The Morgan fingerprint density at radius 2 is 2.04 bits per heavy atom. The summed E-state index contributed by atoms with van der Waals surface area (Å²) in [6, 6.07) is 3.40. The molecule has 0 spiro atoms. The number of hydrogen-bond acceptors (Lipinski definition) is 3. The summed E-state index contributed by atoms with van der Waals surface area (Å²) in [4.78, 5) is 27.6. The molecule has 1 atom stereocenters. The van der Waals surface area contributed by atoms with E-state index in [-0.39, 0.29) is 25.0 Å². The van der Waals surface area contributed by atoms with Crippen LogP contribution < -0.4 is 4.90 Å². The summed E-state index contributed by atoms with van der Waals surface area (Å²) in [6.45, 7) is 4.94. The minimum atomic E-state index is -0.990. The number of likely N-dealkylation sites (tertiary alicyclic amines) is 1. The fourth-order valence-electron chi connectivity index (χ4n) is 2.90. The SMILES string of the molecule is CCOC(=O)N1CCCC(C(=O)N(CC)c2ccc(F)c(F)c2)C1. The second-order valence-electron chi connectivity index (χ2n) is 5.66. The number of benzene rings is 1. The van der Waals surface area contributed by atoms with Crippen LogP contribution in [-0.2, 0) is 9.53 Å². The van der Waals surface area contributed by atoms with Crippen molar-refractivity contribution in [3.05, 3.63) is 29.8 Å². The molecule has 1 fully saturated rings. The average molecular weight is 340 g/mol. The van der Waals surface area contributed by atoms with Crippen LogP contribution in [0.2, 0.25) is 0 Å². The quantitative estimate of drug-likeness (QED) is 0.846. The number of carbonyl (C=O) groups excluding carboxylic acids is 2. The minimum Gasteiger partial charge on any atom is -0.450 e. The minimum absolute atomic E-state index is 0.197. The zero-order valence-corrected chi connectivity index (χ0v) is 13.9. The molecule has 2 amide bonds. The number of nitrogens with zero attached hydrogens (tertiary/aromatic N) is 2. The Kier molecular flexibility index (Phi) is 6.11. The van der Waals surface area contributed by atoms with Crippen LogP contribution in [0.4, 0.5) is 19.3 Å². The Morgan fingerprint density at radius 3 is 2.67 bits per heavy atom. The Bertz CT molecular complexity index is 609. The van der Waals surface area contributed by atoms with Crippen LogP contribution in [0.5, 0.6) is 0 Å². The van der Waals surface area contributed by atoms with Crippen LogP contribution in [0.1, 0.15) is 26.7 Å². The number of piperidine rings is 1. The van der Waals surface area contributed by atoms with Gasteiger partial charge >= 0.3 is 6.09 Å². The van der Waals surface area contributed by atoms with E-state index in [4.69, 9.17) is 4.74 Å². The molecule has 24 heavy (non-hydrogen) atoms. The van der Waals surface area contributed by atoms with Gasteiger partial charge in [-0.1, -0.05) is 0 Å². The molecule has 0 saturated carbocycles. The van der Waals surface area contributed by atoms with Crippen molar-refractivity contribution in [2.75, 3.05) is 31.1 Å². The van der Waals surface area contributed by atoms with Crippen molar-refractivity contribution in [3.8, 4) is 0 Å². The van der Waals surface area contributed by atoms with Gasteiger partial charge in [-0.25, -0.2) is 13.6 Å². The molecule has 0 bridgehead atoms. The van der Waals surface area contributed by atoms with Crippen molar-refractivity contribution in [1.82, 2.24) is 4.90 Å². The van der Waals surface area contributed by atoms with Gasteiger partial charge in [0.2, 0.25) is 5.91 Å². The van der Waals surface area contributed by atoms with Gasteiger partial charge in [-0.3, -0.25) is 4.79 Å². The molecule has 1 heterocycles. The first-order valence-corrected chi connectivity index (χ1v) is 8.16. The number of carbonyl (C=O) groups is 2. The van der Waals surface area contributed by atoms with Crippen LogP contribution >= 0.6 is 0 Å². The van der Waals surface area contributed by atoms with Crippen LogP contribution in [-0.4, -0.2) is 43.1 Å². The molecule has 7 heteroatoms. The van der Waals surface area contributed by atoms with Gasteiger partial charge < -0.3 is 14.5 Å². The van der Waals surface area contributed by atoms with E-state index in [9.17, 15) is 18.4 Å². The Balaban J connectivity index is 2.12. The number of anilines is 1. The maximum absolute atomic E-state index is 13.5. The third kappa shape index (κ3) is 4.01. The molecule has 1 aliphatic rings. The summed E-state index contributed by atoms with van der Waals surface area (Å²) in [7, 11) is 0. The van der Waals surface area contributed by atoms with Gasteiger partial charge in [-0.2, -0.15) is 0 Å². The van der Waals surface area contributed by atoms with E-state index in [0.29, 0.717) is 31.6 Å². The summed E-state index contributed by atoms with van der Waals surface area (Å²) in [5, 5.41) is 0. The standard InChI is InChI=1S/C17H22F2N2O3/c1-3-21(13-7-8-14(18)15(19)10-13)16(22)12-6-5-9-20(11-12)17(23)24-4-2/h7-8,10,12H,3-6,9,11H2,1-2H3. The Hall–Kier alpha value is -2.18. The lowest BCUT2D eigenvalue weighted by Crippen LogP contribution is -2.47. The molecular formula is C17H22F2N2O3. The largest absolute Gasteiger partial charge is 0.450 e. The van der Waals surface area contributed by atoms with Gasteiger partial charge in [-0.15, -0.1) is 0 Å². The van der Waals surface area contributed by atoms with E-state index in [1.165, 1.54) is 15.9 Å². The van der Waals surface area contributed by atoms with E-state index in [2.05, 4.69) is 0 Å². The summed E-state index contributed by atoms with van der Waals surface area (Å²) >= 11 is 0. The van der Waals surface area contributed by atoms with Crippen LogP contribution in [0, 0.1) is 17.6 Å². The maximum Gasteiger partial charge on any atom is 0.409 e. The summed E-state index contributed by atoms with van der Waals surface area (Å²) in [5.41, 5.74) is 0.314. The lowest BCUT2D eigenvalue weighted by molar-refractivity contribution is -0.123. The van der Waals surface area contributed by atoms with Crippen molar-refractivity contribution in [2.24, 2.45) is 5.92 Å². The van der Waals surface area contributed by atoms with Crippen molar-refractivity contribution < 1.29 is 23.1 Å². The number of hydrogen-bond donors (Lipinski definition) is 0. The lowest BCUT2D eigenvalue weighted by Gasteiger charge is -2.34. The number of rotatable bonds is 4. The van der Waals surface area contributed by atoms with Gasteiger partial charge in [0, 0.05) is 31.4 Å². The monoisotopic (exact) mass is 340 g/mol. The highest BCUT2D eigenvalue weighted by molar-refractivity contribution is 5.95. The molecular weight excluding hydrogens is 318 g/mol. The van der Waals surface area contributed by atoms with Crippen molar-refractivity contribution in [2.45, 2.75) is 26.7 Å². The molecule has 1 saturated heterocycles. The van der Waals surface area contributed by atoms with Crippen molar-refractivity contribution in [1.29, 1.82) is 0 Å². The molecule has 1 aromatic rings. The topological polar surface area (TPSA) is 49.9 Å². The molecule has 0 radical (unpaired) electrons. The predicted octanol–water partition coefficient (Wildman–Crippen LogP) is 3.19. The molecule has 0 aliphatic carbocycles. The average Bonchev–Trinajstić information content (AvgIpc) is 2.59. The molecule has 0 aromatic heterocycles. The first kappa shape index (κ1) is 18.2. The Morgan fingerprint density at radius 1 is 1.29 bits per heavy atom. The molecule has 132 valence electrons. The molecule has 0 N–H and O–H groups in total. The number of ether oxygens (including phenoxy) is 1. The lowest BCUT2D eigenvalue weighted by atomic mass is 9.96. The smallest absolute Gasteiger partial charge is 0.409 e. The zero-order chi connectivity index (χ0) is 17.7. The fraction of sp³-hybridized carbons (Fsp3) is 0.529. The van der Waals surface area contributed by atoms with Crippen molar-refractivity contribution in [3.63, 3.8) is 0 Å². The second-order valence-corrected chi connectivity index (χ2v) is 5.66. The normalized spacial score (nSPS) is 17.5. The van der Waals surface area contributed by atoms with E-state index < -0.39 is 17.7 Å². The van der Waals surface area contributed by atoms with Crippen LogP contribution in [0.3, 0.4) is 0 Å². The molecule has 1 aliphatic heterocycles. The summed E-state index contributed by atoms with van der Waals surface area (Å²) in [6.07, 6.45) is 0.922. The first-order chi connectivity index (χ1) is 11.5. The highest BCUT2D eigenvalue weighted by Crippen LogP contribution is 2.24. The van der Waals surface area contributed by atoms with Gasteiger partial charge in [0.15, 0.2) is 11.6 Å². The molecule has 2 rings (SSSR count). The Labute approximate surface area is 140 Å². The molecule has 1 aromatic carbocycles. The van der Waals surface area contributed by atoms with E-state index in [1.807, 2.05) is 0 Å². The summed E-state index contributed by atoms with van der Waals surface area (Å²) in [5.74, 6) is -2.52. The van der Waals surface area contributed by atoms with E-state index in [1.54, 1.807) is 13.8 Å². The first-order valence-electron chi connectivity index (χ1n) is 8.16. The van der Waals surface area contributed by atoms with Crippen LogP contribution in [0.25, 0.3) is 0 Å². The zero-order valence-electron chi connectivity index (χ0n) is 13.9.